The van der Waals surface area contributed by atoms with E-state index in [0.29, 0.717) is 43.9 Å². The number of nitrogens with one attached hydrogen (secondary N) is 1. The summed E-state index contributed by atoms with van der Waals surface area (Å²) in [6.07, 6.45) is 3.52. The Bertz CT molecular complexity index is 955. The van der Waals surface area contributed by atoms with E-state index >= 15 is 0 Å². The molecule has 2 aromatic heterocycles. The van der Waals surface area contributed by atoms with Gasteiger partial charge >= 0.3 is 6.09 Å². The van der Waals surface area contributed by atoms with Crippen molar-refractivity contribution in [1.82, 2.24) is 25.0 Å². The third-order valence-corrected chi connectivity index (χ3v) is 5.47. The van der Waals surface area contributed by atoms with E-state index in [1.54, 1.807) is 6.20 Å². The first-order valence-electron chi connectivity index (χ1n) is 10.5. The van der Waals surface area contributed by atoms with Crippen LogP contribution in [0.4, 0.5) is 4.79 Å². The molecular weight excluding hydrogens is 386 g/mol. The molecule has 0 fully saturated rings. The van der Waals surface area contributed by atoms with E-state index in [1.807, 2.05) is 37.3 Å². The number of amides is 2. The smallest absolute Gasteiger partial charge is 0.407 e. The van der Waals surface area contributed by atoms with Crippen LogP contribution >= 0.6 is 0 Å². The summed E-state index contributed by atoms with van der Waals surface area (Å²) in [6, 6.07) is 0. The third kappa shape index (κ3) is 4.34. The van der Waals surface area contributed by atoms with E-state index in [2.05, 4.69) is 15.4 Å². The van der Waals surface area contributed by atoms with Crippen molar-refractivity contribution in [3.8, 4) is 0 Å². The molecule has 0 radical (unpaired) electrons. The van der Waals surface area contributed by atoms with Gasteiger partial charge in [-0.2, -0.15) is 5.10 Å². The molecule has 4 rings (SSSR count). The number of hydrogen-bond acceptors (Lipinski definition) is 6. The molecule has 0 aromatic carbocycles. The average Bonchev–Trinajstić information content (AvgIpc) is 3.25. The Kier molecular flexibility index (Phi) is 5.29. The van der Waals surface area contributed by atoms with Gasteiger partial charge in [0, 0.05) is 33.0 Å². The highest BCUT2D eigenvalue weighted by Crippen LogP contribution is 2.26. The van der Waals surface area contributed by atoms with E-state index in [4.69, 9.17) is 9.15 Å². The van der Waals surface area contributed by atoms with E-state index in [-0.39, 0.29) is 11.8 Å². The molecule has 30 heavy (non-hydrogen) atoms. The standard InChI is InChI=1S/C21H29N5O4/c1-13-24-16-12-25(7-6-18(16)29-13)19(27)15-11-23-26-8-5-14(9-17(15)26)10-22-20(28)30-21(2,3)4/h11,14H,5-10,12H2,1-4H3,(H,22,28). The van der Waals surface area contributed by atoms with E-state index in [9.17, 15) is 9.59 Å². The van der Waals surface area contributed by atoms with Crippen LogP contribution < -0.4 is 5.32 Å². The zero-order chi connectivity index (χ0) is 21.5. The fourth-order valence-electron chi connectivity index (χ4n) is 4.07. The molecule has 0 spiro atoms. The molecule has 9 nitrogen and oxygen atoms in total. The number of carbonyl (C=O) groups excluding carboxylic acids is 2. The van der Waals surface area contributed by atoms with Crippen LogP contribution in [0.25, 0.3) is 0 Å². The molecule has 2 aromatic rings. The third-order valence-electron chi connectivity index (χ3n) is 5.47. The van der Waals surface area contributed by atoms with Crippen molar-refractivity contribution in [2.45, 2.75) is 65.6 Å². The lowest BCUT2D eigenvalue weighted by Gasteiger charge is -2.28. The van der Waals surface area contributed by atoms with Crippen LogP contribution in [0.1, 0.15) is 60.6 Å². The van der Waals surface area contributed by atoms with Crippen LogP contribution in [-0.2, 0) is 30.7 Å². The molecule has 1 atom stereocenters. The van der Waals surface area contributed by atoms with Gasteiger partial charge in [-0.05, 0) is 39.5 Å². The first-order chi connectivity index (χ1) is 14.2. The predicted octanol–water partition coefficient (Wildman–Crippen LogP) is 2.47. The van der Waals surface area contributed by atoms with Gasteiger partial charge in [0.25, 0.3) is 5.91 Å². The molecule has 2 aliphatic rings. The SMILES string of the molecule is Cc1nc2c(o1)CCN(C(=O)c1cnn3c1CC(CNC(=O)OC(C)(C)C)CC3)C2. The molecule has 2 amide bonds. The van der Waals surface area contributed by atoms with Crippen molar-refractivity contribution < 1.29 is 18.7 Å². The minimum Gasteiger partial charge on any atom is -0.446 e. The summed E-state index contributed by atoms with van der Waals surface area (Å²) < 4.78 is 12.8. The summed E-state index contributed by atoms with van der Waals surface area (Å²) in [5.74, 6) is 1.72. The summed E-state index contributed by atoms with van der Waals surface area (Å²) in [5.41, 5.74) is 1.89. The van der Waals surface area contributed by atoms with Gasteiger partial charge in [0.1, 0.15) is 17.1 Å². The number of rotatable bonds is 3. The van der Waals surface area contributed by atoms with Gasteiger partial charge in [-0.25, -0.2) is 9.78 Å². The van der Waals surface area contributed by atoms with E-state index < -0.39 is 11.7 Å². The van der Waals surface area contributed by atoms with Crippen LogP contribution in [0.15, 0.2) is 10.6 Å². The van der Waals surface area contributed by atoms with Crippen LogP contribution in [0, 0.1) is 12.8 Å². The van der Waals surface area contributed by atoms with Gasteiger partial charge in [0.15, 0.2) is 5.89 Å². The van der Waals surface area contributed by atoms with Crippen molar-refractivity contribution in [1.29, 1.82) is 0 Å². The molecule has 2 aliphatic heterocycles. The summed E-state index contributed by atoms with van der Waals surface area (Å²) in [6.45, 7) is 9.65. The molecule has 0 aliphatic carbocycles. The van der Waals surface area contributed by atoms with Crippen LogP contribution in [-0.4, -0.2) is 50.4 Å². The molecular formula is C21H29N5O4. The van der Waals surface area contributed by atoms with Crippen molar-refractivity contribution in [3.05, 3.63) is 34.8 Å². The average molecular weight is 415 g/mol. The highest BCUT2D eigenvalue weighted by molar-refractivity contribution is 5.95. The maximum Gasteiger partial charge on any atom is 0.407 e. The topological polar surface area (TPSA) is 102 Å². The number of oxazole rings is 1. The summed E-state index contributed by atoms with van der Waals surface area (Å²) in [4.78, 5) is 31.4. The number of ether oxygens (including phenoxy) is 1. The van der Waals surface area contributed by atoms with Crippen LogP contribution in [0.5, 0.6) is 0 Å². The Morgan fingerprint density at radius 3 is 2.90 bits per heavy atom. The molecule has 162 valence electrons. The Labute approximate surface area is 175 Å². The molecule has 0 bridgehead atoms. The summed E-state index contributed by atoms with van der Waals surface area (Å²) in [7, 11) is 0. The van der Waals surface area contributed by atoms with Gasteiger partial charge in [-0.1, -0.05) is 0 Å². The minimum atomic E-state index is -0.522. The first kappa shape index (κ1) is 20.4. The minimum absolute atomic E-state index is 0.0247. The number of carbonyl (C=O) groups is 2. The molecule has 0 saturated heterocycles. The molecule has 9 heteroatoms. The lowest BCUT2D eigenvalue weighted by molar-refractivity contribution is 0.0515. The summed E-state index contributed by atoms with van der Waals surface area (Å²) in [5, 5.41) is 7.27. The zero-order valence-corrected chi connectivity index (χ0v) is 18.0. The largest absolute Gasteiger partial charge is 0.446 e. The van der Waals surface area contributed by atoms with Gasteiger partial charge in [0.05, 0.1) is 24.0 Å². The van der Waals surface area contributed by atoms with Gasteiger partial charge in [-0.3, -0.25) is 9.48 Å². The Balaban J connectivity index is 1.40. The quantitative estimate of drug-likeness (QED) is 0.826. The molecule has 0 saturated carbocycles. The number of alkyl carbamates (subject to hydrolysis) is 1. The van der Waals surface area contributed by atoms with Crippen molar-refractivity contribution in [2.75, 3.05) is 13.1 Å². The lowest BCUT2D eigenvalue weighted by Crippen LogP contribution is -2.38. The van der Waals surface area contributed by atoms with Crippen molar-refractivity contribution in [3.63, 3.8) is 0 Å². The number of nitrogens with zero attached hydrogens (tertiary/aromatic N) is 4. The molecule has 4 heterocycles. The summed E-state index contributed by atoms with van der Waals surface area (Å²) >= 11 is 0. The zero-order valence-electron chi connectivity index (χ0n) is 18.0. The Morgan fingerprint density at radius 1 is 1.33 bits per heavy atom. The monoisotopic (exact) mass is 415 g/mol. The second-order valence-corrected chi connectivity index (χ2v) is 9.05. The maximum atomic E-state index is 13.2. The first-order valence-corrected chi connectivity index (χ1v) is 10.5. The lowest BCUT2D eigenvalue weighted by atomic mass is 9.94. The Hall–Kier alpha value is -2.84. The highest BCUT2D eigenvalue weighted by atomic mass is 16.6. The molecule has 1 N–H and O–H groups in total. The maximum absolute atomic E-state index is 13.2. The number of fused-ring (bicyclic) bond motifs is 2. The Morgan fingerprint density at radius 2 is 2.13 bits per heavy atom. The number of aromatic nitrogens is 3. The van der Waals surface area contributed by atoms with Crippen molar-refractivity contribution >= 4 is 12.0 Å². The normalized spacial score (nSPS) is 18.5. The van der Waals surface area contributed by atoms with Crippen LogP contribution in [0.3, 0.4) is 0 Å². The number of aryl methyl sites for hydroxylation is 2. The fourth-order valence-corrected chi connectivity index (χ4v) is 4.07. The predicted molar refractivity (Wildman–Crippen MR) is 108 cm³/mol. The van der Waals surface area contributed by atoms with Gasteiger partial charge in [-0.15, -0.1) is 0 Å². The van der Waals surface area contributed by atoms with Crippen molar-refractivity contribution in [2.24, 2.45) is 5.92 Å². The highest BCUT2D eigenvalue weighted by Gasteiger charge is 2.31. The van der Waals surface area contributed by atoms with Gasteiger partial charge < -0.3 is 19.4 Å². The fraction of sp³-hybridized carbons (Fsp3) is 0.619. The van der Waals surface area contributed by atoms with Gasteiger partial charge in [0.2, 0.25) is 0 Å². The van der Waals surface area contributed by atoms with E-state index in [1.165, 1.54) is 0 Å². The number of hydrogen-bond donors (Lipinski definition) is 1. The van der Waals surface area contributed by atoms with Crippen LogP contribution in [0.2, 0.25) is 0 Å². The van der Waals surface area contributed by atoms with E-state index in [0.717, 1.165) is 30.1 Å². The second-order valence-electron chi connectivity index (χ2n) is 9.05. The molecule has 1 unspecified atom stereocenters. The second kappa shape index (κ2) is 7.77.